The zero-order chi connectivity index (χ0) is 8.28. The van der Waals surface area contributed by atoms with E-state index in [-0.39, 0.29) is 13.2 Å². The van der Waals surface area contributed by atoms with E-state index in [1.54, 1.807) is 0 Å². The van der Waals surface area contributed by atoms with Gasteiger partial charge < -0.3 is 0 Å². The van der Waals surface area contributed by atoms with E-state index in [0.29, 0.717) is 0 Å². The number of hydrogen-bond acceptors (Lipinski definition) is 2. The Labute approximate surface area is 57.8 Å². The van der Waals surface area contributed by atoms with Crippen LogP contribution in [0, 0.1) is 0 Å². The zero-order valence-corrected chi connectivity index (χ0v) is 6.71. The van der Waals surface area contributed by atoms with Crippen LogP contribution in [-0.2, 0) is 9.05 Å². The third kappa shape index (κ3) is 4.04. The molecular formula is C4H10F3O2P. The van der Waals surface area contributed by atoms with Crippen LogP contribution in [0.25, 0.3) is 0 Å². The number of halogens is 3. The Bertz CT molecular complexity index is 101. The molecule has 0 radical (unpaired) electrons. The number of hydrogen-bond donors (Lipinski definition) is 0. The van der Waals surface area contributed by atoms with Gasteiger partial charge in [-0.15, -0.1) is 0 Å². The Hall–Kier alpha value is 0.140. The van der Waals surface area contributed by atoms with Crippen molar-refractivity contribution < 1.29 is 21.6 Å². The van der Waals surface area contributed by atoms with Gasteiger partial charge >= 0.3 is 56.7 Å². The van der Waals surface area contributed by atoms with Crippen LogP contribution in [0.4, 0.5) is 12.6 Å². The van der Waals surface area contributed by atoms with Crippen molar-refractivity contribution in [1.29, 1.82) is 0 Å². The average Bonchev–Trinajstić information content (AvgIpc) is 1.61. The van der Waals surface area contributed by atoms with Gasteiger partial charge in [0.2, 0.25) is 0 Å². The van der Waals surface area contributed by atoms with Crippen LogP contribution in [-0.4, -0.2) is 13.2 Å². The van der Waals surface area contributed by atoms with Gasteiger partial charge in [0.15, 0.2) is 0 Å². The SMILES string of the molecule is CCOP(F)(F)(F)OCC. The van der Waals surface area contributed by atoms with Gasteiger partial charge in [0, 0.05) is 0 Å². The molecule has 6 heteroatoms. The maximum absolute atomic E-state index is 12.1. The Morgan fingerprint density at radius 2 is 1.30 bits per heavy atom. The molecule has 64 valence electrons. The quantitative estimate of drug-likeness (QED) is 0.615. The van der Waals surface area contributed by atoms with E-state index in [4.69, 9.17) is 0 Å². The molecule has 0 fully saturated rings. The molecule has 0 aromatic carbocycles. The summed E-state index contributed by atoms with van der Waals surface area (Å²) in [6, 6.07) is 0. The van der Waals surface area contributed by atoms with Crippen molar-refractivity contribution in [1.82, 2.24) is 0 Å². The topological polar surface area (TPSA) is 18.5 Å². The van der Waals surface area contributed by atoms with Crippen LogP contribution in [0.2, 0.25) is 0 Å². The Morgan fingerprint density at radius 3 is 1.50 bits per heavy atom. The van der Waals surface area contributed by atoms with Crippen LogP contribution in [0.3, 0.4) is 0 Å². The van der Waals surface area contributed by atoms with E-state index in [1.165, 1.54) is 13.8 Å². The van der Waals surface area contributed by atoms with Crippen LogP contribution >= 0.6 is 7.99 Å². The Balaban J connectivity index is 3.97. The van der Waals surface area contributed by atoms with Crippen molar-refractivity contribution in [2.75, 3.05) is 13.2 Å². The maximum atomic E-state index is 12.1. The summed E-state index contributed by atoms with van der Waals surface area (Å²) in [5, 5.41) is 0. The second-order valence-corrected chi connectivity index (χ2v) is 3.39. The van der Waals surface area contributed by atoms with Crippen LogP contribution in [0.15, 0.2) is 0 Å². The summed E-state index contributed by atoms with van der Waals surface area (Å²) in [6.07, 6.45) is 0. The summed E-state index contributed by atoms with van der Waals surface area (Å²) in [7, 11) is -6.66. The Morgan fingerprint density at radius 1 is 1.00 bits per heavy atom. The van der Waals surface area contributed by atoms with Crippen molar-refractivity contribution in [2.45, 2.75) is 13.8 Å². The van der Waals surface area contributed by atoms with Gasteiger partial charge in [0.05, 0.1) is 0 Å². The molecule has 0 aliphatic rings. The van der Waals surface area contributed by atoms with Crippen molar-refractivity contribution >= 4 is 7.99 Å². The monoisotopic (exact) mass is 178 g/mol. The normalized spacial score (nSPS) is 16.3. The first-order valence-electron chi connectivity index (χ1n) is 2.86. The summed E-state index contributed by atoms with van der Waals surface area (Å²) in [5.41, 5.74) is 0. The molecular weight excluding hydrogens is 168 g/mol. The summed E-state index contributed by atoms with van der Waals surface area (Å²) in [4.78, 5) is 0. The molecule has 0 N–H and O–H groups in total. The zero-order valence-electron chi connectivity index (χ0n) is 5.81. The van der Waals surface area contributed by atoms with Gasteiger partial charge in [0.1, 0.15) is 0 Å². The number of rotatable bonds is 4. The second-order valence-electron chi connectivity index (χ2n) is 1.52. The van der Waals surface area contributed by atoms with Gasteiger partial charge in [-0.25, -0.2) is 0 Å². The first kappa shape index (κ1) is 10.1. The molecule has 0 atom stereocenters. The molecule has 0 heterocycles. The molecule has 0 rings (SSSR count). The molecule has 0 aromatic rings. The van der Waals surface area contributed by atoms with E-state index in [0.717, 1.165) is 0 Å². The van der Waals surface area contributed by atoms with Crippen molar-refractivity contribution in [3.63, 3.8) is 0 Å². The molecule has 10 heavy (non-hydrogen) atoms. The fraction of sp³-hybridized carbons (Fsp3) is 1.00. The first-order chi connectivity index (χ1) is 4.39. The van der Waals surface area contributed by atoms with E-state index >= 15 is 0 Å². The molecule has 0 saturated carbocycles. The van der Waals surface area contributed by atoms with E-state index < -0.39 is 7.99 Å². The summed E-state index contributed by atoms with van der Waals surface area (Å²) < 4.78 is 43.5. The summed E-state index contributed by atoms with van der Waals surface area (Å²) >= 11 is 0. The van der Waals surface area contributed by atoms with Gasteiger partial charge in [-0.1, -0.05) is 0 Å². The summed E-state index contributed by atoms with van der Waals surface area (Å²) in [6.45, 7) is 1.78. The molecule has 0 aromatic heterocycles. The van der Waals surface area contributed by atoms with Gasteiger partial charge in [-0.3, -0.25) is 0 Å². The predicted molar refractivity (Wildman–Crippen MR) is 33.5 cm³/mol. The van der Waals surface area contributed by atoms with Crippen molar-refractivity contribution in [2.24, 2.45) is 0 Å². The molecule has 0 amide bonds. The fourth-order valence-corrected chi connectivity index (χ4v) is 1.31. The van der Waals surface area contributed by atoms with Crippen LogP contribution in [0.1, 0.15) is 13.8 Å². The molecule has 2 nitrogen and oxygen atoms in total. The molecule has 0 saturated heterocycles. The minimum atomic E-state index is -6.66. The third-order valence-electron chi connectivity index (χ3n) is 0.656. The predicted octanol–water partition coefficient (Wildman–Crippen LogP) is 3.10. The molecule has 0 unspecified atom stereocenters. The van der Waals surface area contributed by atoms with E-state index in [1.807, 2.05) is 0 Å². The van der Waals surface area contributed by atoms with Crippen molar-refractivity contribution in [3.8, 4) is 0 Å². The molecule has 0 bridgehead atoms. The first-order valence-corrected chi connectivity index (χ1v) is 4.61. The molecule has 0 spiro atoms. The molecule has 0 aliphatic carbocycles. The Kier molecular flexibility index (Phi) is 3.07. The fourth-order valence-electron chi connectivity index (χ4n) is 0.435. The van der Waals surface area contributed by atoms with E-state index in [2.05, 4.69) is 9.05 Å². The van der Waals surface area contributed by atoms with Gasteiger partial charge in [0.25, 0.3) is 0 Å². The minimum absolute atomic E-state index is 0.388. The van der Waals surface area contributed by atoms with Crippen LogP contribution in [0.5, 0.6) is 0 Å². The molecule has 0 aliphatic heterocycles. The van der Waals surface area contributed by atoms with Gasteiger partial charge in [-0.2, -0.15) is 0 Å². The third-order valence-corrected chi connectivity index (χ3v) is 1.97. The van der Waals surface area contributed by atoms with Gasteiger partial charge in [-0.05, 0) is 0 Å². The second kappa shape index (κ2) is 3.03. The standard InChI is InChI=1S/C4H10F3O2P/c1-3-8-10(5,6,7)9-4-2/h3-4H2,1-2H3. The van der Waals surface area contributed by atoms with Crippen molar-refractivity contribution in [3.05, 3.63) is 0 Å². The summed E-state index contributed by atoms with van der Waals surface area (Å²) in [5.74, 6) is 0. The van der Waals surface area contributed by atoms with E-state index in [9.17, 15) is 12.6 Å². The average molecular weight is 178 g/mol. The van der Waals surface area contributed by atoms with Crippen LogP contribution < -0.4 is 0 Å².